The molecular weight excluding hydrogens is 202 g/mol. The fourth-order valence-corrected chi connectivity index (χ4v) is 1.84. The number of hydrogen-bond acceptors (Lipinski definition) is 5. The lowest BCUT2D eigenvalue weighted by atomic mass is 10.1. The van der Waals surface area contributed by atoms with Gasteiger partial charge in [0.1, 0.15) is 6.10 Å². The summed E-state index contributed by atoms with van der Waals surface area (Å²) < 4.78 is 4.46. The molecule has 0 saturated carbocycles. The monoisotopic (exact) mass is 215 g/mol. The molecule has 3 N–H and O–H groups in total. The van der Waals surface area contributed by atoms with Crippen molar-refractivity contribution in [3.05, 3.63) is 22.4 Å². The number of hydrogen-bond donors (Lipinski definition) is 2. The fraction of sp³-hybridized carbons (Fsp3) is 0.444. The molecule has 0 spiro atoms. The van der Waals surface area contributed by atoms with Gasteiger partial charge in [-0.15, -0.1) is 11.3 Å². The third-order valence-electron chi connectivity index (χ3n) is 1.87. The molecule has 0 radical (unpaired) electrons. The predicted octanol–water partition coefficient (Wildman–Crippen LogP) is 0.672. The van der Waals surface area contributed by atoms with E-state index in [-0.39, 0.29) is 6.42 Å². The van der Waals surface area contributed by atoms with E-state index >= 15 is 0 Å². The summed E-state index contributed by atoms with van der Waals surface area (Å²) in [5.74, 6) is -0.409. The minimum atomic E-state index is -0.797. The minimum absolute atomic E-state index is 0.0234. The number of thiophene rings is 1. The van der Waals surface area contributed by atoms with Crippen molar-refractivity contribution in [1.29, 1.82) is 0 Å². The van der Waals surface area contributed by atoms with Gasteiger partial charge in [-0.05, 0) is 11.4 Å². The van der Waals surface area contributed by atoms with Gasteiger partial charge in [-0.1, -0.05) is 6.07 Å². The van der Waals surface area contributed by atoms with E-state index in [0.717, 1.165) is 4.88 Å². The number of rotatable bonds is 4. The molecule has 0 aliphatic carbocycles. The molecular formula is C9H13NO3S. The molecule has 5 heteroatoms. The van der Waals surface area contributed by atoms with Gasteiger partial charge in [0, 0.05) is 10.9 Å². The average molecular weight is 215 g/mol. The second-order valence-electron chi connectivity index (χ2n) is 2.90. The van der Waals surface area contributed by atoms with Crippen molar-refractivity contribution < 1.29 is 14.6 Å². The highest BCUT2D eigenvalue weighted by atomic mass is 32.1. The van der Waals surface area contributed by atoms with E-state index in [4.69, 9.17) is 5.73 Å². The summed E-state index contributed by atoms with van der Waals surface area (Å²) in [6.07, 6.45) is -0.774. The maximum absolute atomic E-state index is 10.9. The molecule has 0 aliphatic heterocycles. The Morgan fingerprint density at radius 1 is 1.79 bits per heavy atom. The van der Waals surface area contributed by atoms with Crippen molar-refractivity contribution in [1.82, 2.24) is 0 Å². The Bertz CT molecular complexity index is 286. The summed E-state index contributed by atoms with van der Waals surface area (Å²) in [5, 5.41) is 11.6. The second kappa shape index (κ2) is 5.09. The summed E-state index contributed by atoms with van der Waals surface area (Å²) in [7, 11) is 1.30. The standard InChI is InChI=1S/C9H13NO3S/c1-13-8(11)5-6(10)9(12)7-3-2-4-14-7/h2-4,6,9,12H,5,10H2,1H3. The number of ether oxygens (including phenoxy) is 1. The van der Waals surface area contributed by atoms with Crippen molar-refractivity contribution in [3.63, 3.8) is 0 Å². The van der Waals surface area contributed by atoms with Gasteiger partial charge in [0.25, 0.3) is 0 Å². The number of aliphatic hydroxyl groups excluding tert-OH is 1. The lowest BCUT2D eigenvalue weighted by Gasteiger charge is -2.15. The van der Waals surface area contributed by atoms with Gasteiger partial charge >= 0.3 is 5.97 Å². The van der Waals surface area contributed by atoms with Gasteiger partial charge in [0.05, 0.1) is 13.5 Å². The Balaban J connectivity index is 2.53. The average Bonchev–Trinajstić information content (AvgIpc) is 2.69. The van der Waals surface area contributed by atoms with Crippen LogP contribution in [0.25, 0.3) is 0 Å². The lowest BCUT2D eigenvalue weighted by Crippen LogP contribution is -2.30. The van der Waals surface area contributed by atoms with E-state index in [1.807, 2.05) is 11.4 Å². The molecule has 0 saturated heterocycles. The molecule has 4 nitrogen and oxygen atoms in total. The van der Waals surface area contributed by atoms with Gasteiger partial charge in [-0.25, -0.2) is 0 Å². The molecule has 0 amide bonds. The van der Waals surface area contributed by atoms with Crippen LogP contribution in [0.15, 0.2) is 17.5 Å². The Morgan fingerprint density at radius 2 is 2.50 bits per heavy atom. The van der Waals surface area contributed by atoms with E-state index in [1.54, 1.807) is 6.07 Å². The highest BCUT2D eigenvalue weighted by Crippen LogP contribution is 2.22. The van der Waals surface area contributed by atoms with Crippen LogP contribution in [0.1, 0.15) is 17.4 Å². The van der Waals surface area contributed by atoms with Crippen LogP contribution in [0.2, 0.25) is 0 Å². The molecule has 0 aliphatic rings. The van der Waals surface area contributed by atoms with Crippen LogP contribution >= 0.6 is 11.3 Å². The highest BCUT2D eigenvalue weighted by molar-refractivity contribution is 7.10. The van der Waals surface area contributed by atoms with Gasteiger partial charge in [-0.2, -0.15) is 0 Å². The highest BCUT2D eigenvalue weighted by Gasteiger charge is 2.20. The Hall–Kier alpha value is -0.910. The van der Waals surface area contributed by atoms with Crippen LogP contribution in [-0.2, 0) is 9.53 Å². The van der Waals surface area contributed by atoms with Crippen molar-refractivity contribution in [2.75, 3.05) is 7.11 Å². The number of carbonyl (C=O) groups excluding carboxylic acids is 1. The largest absolute Gasteiger partial charge is 0.469 e. The van der Waals surface area contributed by atoms with E-state index in [9.17, 15) is 9.90 Å². The topological polar surface area (TPSA) is 72.5 Å². The predicted molar refractivity (Wildman–Crippen MR) is 53.9 cm³/mol. The summed E-state index contributed by atoms with van der Waals surface area (Å²) in [6.45, 7) is 0. The molecule has 1 rings (SSSR count). The van der Waals surface area contributed by atoms with Crippen LogP contribution in [0.5, 0.6) is 0 Å². The van der Waals surface area contributed by atoms with Crippen LogP contribution in [0.4, 0.5) is 0 Å². The summed E-state index contributed by atoms with van der Waals surface area (Å²) in [6, 6.07) is 3.00. The van der Waals surface area contributed by atoms with Crippen LogP contribution in [0, 0.1) is 0 Å². The normalized spacial score (nSPS) is 14.8. The van der Waals surface area contributed by atoms with E-state index < -0.39 is 18.1 Å². The minimum Gasteiger partial charge on any atom is -0.469 e. The lowest BCUT2D eigenvalue weighted by molar-refractivity contribution is -0.141. The Morgan fingerprint density at radius 3 is 3.00 bits per heavy atom. The first kappa shape index (κ1) is 11.2. The third kappa shape index (κ3) is 2.80. The van der Waals surface area contributed by atoms with Crippen LogP contribution < -0.4 is 5.73 Å². The van der Waals surface area contributed by atoms with Gasteiger partial charge in [0.2, 0.25) is 0 Å². The third-order valence-corrected chi connectivity index (χ3v) is 2.81. The van der Waals surface area contributed by atoms with E-state index in [2.05, 4.69) is 4.74 Å². The molecule has 2 atom stereocenters. The van der Waals surface area contributed by atoms with E-state index in [0.29, 0.717) is 0 Å². The zero-order valence-electron chi connectivity index (χ0n) is 7.84. The van der Waals surface area contributed by atoms with E-state index in [1.165, 1.54) is 18.4 Å². The Kier molecular flexibility index (Phi) is 4.06. The summed E-state index contributed by atoms with van der Waals surface area (Å²) in [4.78, 5) is 11.7. The van der Waals surface area contributed by atoms with Gasteiger partial charge < -0.3 is 15.6 Å². The van der Waals surface area contributed by atoms with Crippen molar-refractivity contribution in [2.45, 2.75) is 18.6 Å². The number of nitrogens with two attached hydrogens (primary N) is 1. The smallest absolute Gasteiger partial charge is 0.307 e. The zero-order valence-corrected chi connectivity index (χ0v) is 8.66. The molecule has 2 unspecified atom stereocenters. The van der Waals surface area contributed by atoms with Crippen LogP contribution in [-0.4, -0.2) is 24.2 Å². The first-order valence-corrected chi connectivity index (χ1v) is 5.07. The number of esters is 1. The first-order chi connectivity index (χ1) is 6.65. The maximum atomic E-state index is 10.9. The quantitative estimate of drug-likeness (QED) is 0.724. The molecule has 0 bridgehead atoms. The zero-order chi connectivity index (χ0) is 10.6. The molecule has 1 heterocycles. The fourth-order valence-electron chi connectivity index (χ4n) is 1.06. The number of aliphatic hydroxyl groups is 1. The molecule has 78 valence electrons. The summed E-state index contributed by atoms with van der Waals surface area (Å²) >= 11 is 1.41. The second-order valence-corrected chi connectivity index (χ2v) is 3.88. The first-order valence-electron chi connectivity index (χ1n) is 4.19. The SMILES string of the molecule is COC(=O)CC(N)C(O)c1cccs1. The molecule has 0 aromatic carbocycles. The van der Waals surface area contributed by atoms with Crippen molar-refractivity contribution in [2.24, 2.45) is 5.73 Å². The summed E-state index contributed by atoms with van der Waals surface area (Å²) in [5.41, 5.74) is 5.64. The molecule has 0 fully saturated rings. The number of carbonyl (C=O) groups is 1. The van der Waals surface area contributed by atoms with Crippen molar-refractivity contribution >= 4 is 17.3 Å². The Labute approximate surface area is 86.3 Å². The maximum Gasteiger partial charge on any atom is 0.307 e. The molecule has 1 aromatic rings. The molecule has 14 heavy (non-hydrogen) atoms. The number of methoxy groups -OCH3 is 1. The van der Waals surface area contributed by atoms with Gasteiger partial charge in [0.15, 0.2) is 0 Å². The van der Waals surface area contributed by atoms with Gasteiger partial charge in [-0.3, -0.25) is 4.79 Å². The van der Waals surface area contributed by atoms with Crippen molar-refractivity contribution in [3.8, 4) is 0 Å². The molecule has 1 aromatic heterocycles. The van der Waals surface area contributed by atoms with Crippen LogP contribution in [0.3, 0.4) is 0 Å².